The summed E-state index contributed by atoms with van der Waals surface area (Å²) < 4.78 is 6.91. The average Bonchev–Trinajstić information content (AvgIpc) is 2.68. The Balaban J connectivity index is 1.83. The van der Waals surface area contributed by atoms with E-state index in [0.717, 1.165) is 35.7 Å². The molecular formula is C15H19BrO2. The number of rotatable bonds is 2. The summed E-state index contributed by atoms with van der Waals surface area (Å²) in [4.78, 5) is 0. The molecule has 2 saturated heterocycles. The van der Waals surface area contributed by atoms with E-state index in [2.05, 4.69) is 15.9 Å². The molecule has 3 heteroatoms. The molecule has 0 radical (unpaired) electrons. The third-order valence-corrected chi connectivity index (χ3v) is 5.04. The molecule has 0 aliphatic carbocycles. The van der Waals surface area contributed by atoms with Gasteiger partial charge in [0.15, 0.2) is 0 Å². The second-order valence-electron chi connectivity index (χ2n) is 5.78. The smallest absolute Gasteiger partial charge is 0.0898 e. The summed E-state index contributed by atoms with van der Waals surface area (Å²) in [6, 6.07) is 8.03. The van der Waals surface area contributed by atoms with Gasteiger partial charge in [0.05, 0.1) is 17.8 Å². The summed E-state index contributed by atoms with van der Waals surface area (Å²) in [5.41, 5.74) is 0.266. The zero-order valence-corrected chi connectivity index (χ0v) is 12.2. The van der Waals surface area contributed by atoms with Crippen LogP contribution in [0, 0.1) is 5.92 Å². The van der Waals surface area contributed by atoms with E-state index >= 15 is 0 Å². The normalized spacial score (nSPS) is 34.3. The van der Waals surface area contributed by atoms with Crippen LogP contribution in [0.1, 0.15) is 38.2 Å². The number of benzene rings is 1. The van der Waals surface area contributed by atoms with Gasteiger partial charge in [-0.2, -0.15) is 0 Å². The number of halogens is 1. The van der Waals surface area contributed by atoms with E-state index in [0.29, 0.717) is 18.1 Å². The highest BCUT2D eigenvalue weighted by Gasteiger charge is 2.43. The Kier molecular flexibility index (Phi) is 3.25. The van der Waals surface area contributed by atoms with Crippen molar-refractivity contribution in [3.05, 3.63) is 34.3 Å². The Morgan fingerprint density at radius 1 is 1.17 bits per heavy atom. The van der Waals surface area contributed by atoms with Crippen molar-refractivity contribution in [1.29, 1.82) is 0 Å². The average molecular weight is 311 g/mol. The van der Waals surface area contributed by atoms with Gasteiger partial charge in [0, 0.05) is 4.47 Å². The van der Waals surface area contributed by atoms with Crippen molar-refractivity contribution in [1.82, 2.24) is 0 Å². The van der Waals surface area contributed by atoms with Crippen molar-refractivity contribution in [2.24, 2.45) is 5.92 Å². The second-order valence-corrected chi connectivity index (χ2v) is 6.70. The van der Waals surface area contributed by atoms with Crippen LogP contribution in [0.15, 0.2) is 28.7 Å². The Hall–Kier alpha value is -0.380. The van der Waals surface area contributed by atoms with Crippen LogP contribution in [0.3, 0.4) is 0 Å². The maximum absolute atomic E-state index is 10.9. The molecule has 98 valence electrons. The number of hydrogen-bond acceptors (Lipinski definition) is 2. The minimum atomic E-state index is -0.745. The van der Waals surface area contributed by atoms with Gasteiger partial charge in [0.25, 0.3) is 0 Å². The lowest BCUT2D eigenvalue weighted by molar-refractivity contribution is -0.0946. The molecule has 2 bridgehead atoms. The van der Waals surface area contributed by atoms with E-state index in [1.54, 1.807) is 0 Å². The Bertz CT molecular complexity index is 415. The monoisotopic (exact) mass is 310 g/mol. The molecule has 2 heterocycles. The Labute approximate surface area is 116 Å². The van der Waals surface area contributed by atoms with E-state index in [4.69, 9.17) is 4.74 Å². The molecule has 2 nitrogen and oxygen atoms in total. The van der Waals surface area contributed by atoms with Gasteiger partial charge >= 0.3 is 0 Å². The largest absolute Gasteiger partial charge is 0.385 e. The first kappa shape index (κ1) is 12.6. The van der Waals surface area contributed by atoms with Crippen LogP contribution in [0.2, 0.25) is 0 Å². The molecule has 1 aromatic carbocycles. The molecule has 18 heavy (non-hydrogen) atoms. The Morgan fingerprint density at radius 3 is 2.28 bits per heavy atom. The Morgan fingerprint density at radius 2 is 1.72 bits per heavy atom. The van der Waals surface area contributed by atoms with E-state index in [9.17, 15) is 5.11 Å². The predicted octanol–water partition coefficient (Wildman–Crippen LogP) is 3.61. The first-order valence-corrected chi connectivity index (χ1v) is 7.49. The van der Waals surface area contributed by atoms with Gasteiger partial charge in [-0.05, 0) is 56.2 Å². The quantitative estimate of drug-likeness (QED) is 0.904. The molecule has 2 aliphatic rings. The standard InChI is InChI=1S/C15H19BrO2/c1-15(17,10-2-4-12(16)5-3-10)11-8-13-6-7-14(9-11)18-13/h2-5,11,13-14,17H,6-9H2,1H3. The van der Waals surface area contributed by atoms with Crippen molar-refractivity contribution >= 4 is 15.9 Å². The lowest BCUT2D eigenvalue weighted by atomic mass is 9.77. The van der Waals surface area contributed by atoms with E-state index in [1.165, 1.54) is 0 Å². The highest BCUT2D eigenvalue weighted by atomic mass is 79.9. The van der Waals surface area contributed by atoms with E-state index < -0.39 is 5.60 Å². The number of hydrogen-bond donors (Lipinski definition) is 1. The molecule has 0 spiro atoms. The lowest BCUT2D eigenvalue weighted by Gasteiger charge is -2.38. The summed E-state index contributed by atoms with van der Waals surface area (Å²) in [7, 11) is 0. The molecule has 0 saturated carbocycles. The molecule has 2 aliphatic heterocycles. The fourth-order valence-electron chi connectivity index (χ4n) is 3.34. The molecule has 3 unspecified atom stereocenters. The van der Waals surface area contributed by atoms with Gasteiger partial charge in [-0.15, -0.1) is 0 Å². The van der Waals surface area contributed by atoms with Crippen LogP contribution in [-0.4, -0.2) is 17.3 Å². The first-order valence-electron chi connectivity index (χ1n) is 6.69. The first-order chi connectivity index (χ1) is 8.55. The van der Waals surface area contributed by atoms with Gasteiger partial charge in [0.2, 0.25) is 0 Å². The SMILES string of the molecule is CC(O)(c1ccc(Br)cc1)C1CC2CCC(C1)O2. The molecule has 3 rings (SSSR count). The molecule has 0 aromatic heterocycles. The minimum absolute atomic E-state index is 0.310. The number of fused-ring (bicyclic) bond motifs is 2. The zero-order valence-electron chi connectivity index (χ0n) is 10.6. The minimum Gasteiger partial charge on any atom is -0.385 e. The fourth-order valence-corrected chi connectivity index (χ4v) is 3.60. The van der Waals surface area contributed by atoms with Gasteiger partial charge in [-0.25, -0.2) is 0 Å². The molecule has 0 amide bonds. The van der Waals surface area contributed by atoms with Gasteiger partial charge in [-0.3, -0.25) is 0 Å². The van der Waals surface area contributed by atoms with Gasteiger partial charge in [0.1, 0.15) is 0 Å². The van der Waals surface area contributed by atoms with Crippen LogP contribution in [0.5, 0.6) is 0 Å². The van der Waals surface area contributed by atoms with Crippen LogP contribution in [0.4, 0.5) is 0 Å². The van der Waals surface area contributed by atoms with Crippen molar-refractivity contribution in [3.63, 3.8) is 0 Å². The van der Waals surface area contributed by atoms with Crippen LogP contribution >= 0.6 is 15.9 Å². The van der Waals surface area contributed by atoms with Gasteiger partial charge < -0.3 is 9.84 Å². The third kappa shape index (κ3) is 2.24. The number of ether oxygens (including phenoxy) is 1. The highest BCUT2D eigenvalue weighted by molar-refractivity contribution is 9.10. The van der Waals surface area contributed by atoms with Crippen molar-refractivity contribution in [2.75, 3.05) is 0 Å². The molecule has 1 aromatic rings. The topological polar surface area (TPSA) is 29.5 Å². The molecule has 3 atom stereocenters. The number of aliphatic hydroxyl groups is 1. The molecule has 2 fully saturated rings. The van der Waals surface area contributed by atoms with Crippen LogP contribution in [0.25, 0.3) is 0 Å². The summed E-state index contributed by atoms with van der Waals surface area (Å²) in [6.45, 7) is 1.95. The third-order valence-electron chi connectivity index (χ3n) is 4.51. The predicted molar refractivity (Wildman–Crippen MR) is 74.3 cm³/mol. The second kappa shape index (κ2) is 4.62. The highest BCUT2D eigenvalue weighted by Crippen LogP contribution is 2.44. The van der Waals surface area contributed by atoms with Gasteiger partial charge in [-0.1, -0.05) is 28.1 Å². The summed E-state index contributed by atoms with van der Waals surface area (Å²) in [5.74, 6) is 0.310. The lowest BCUT2D eigenvalue weighted by Crippen LogP contribution is -2.39. The summed E-state index contributed by atoms with van der Waals surface area (Å²) >= 11 is 3.44. The fraction of sp³-hybridized carbons (Fsp3) is 0.600. The van der Waals surface area contributed by atoms with Crippen molar-refractivity contribution in [2.45, 2.75) is 50.4 Å². The zero-order chi connectivity index (χ0) is 12.8. The van der Waals surface area contributed by atoms with E-state index in [1.807, 2.05) is 31.2 Å². The summed E-state index contributed by atoms with van der Waals surface area (Å²) in [5, 5.41) is 10.9. The maximum Gasteiger partial charge on any atom is 0.0898 e. The maximum atomic E-state index is 10.9. The van der Waals surface area contributed by atoms with Crippen LogP contribution < -0.4 is 0 Å². The van der Waals surface area contributed by atoms with E-state index in [-0.39, 0.29) is 0 Å². The van der Waals surface area contributed by atoms with Crippen molar-refractivity contribution < 1.29 is 9.84 Å². The molecule has 1 N–H and O–H groups in total. The summed E-state index contributed by atoms with van der Waals surface area (Å²) in [6.07, 6.45) is 5.04. The molecular weight excluding hydrogens is 292 g/mol. The van der Waals surface area contributed by atoms with Crippen molar-refractivity contribution in [3.8, 4) is 0 Å². The van der Waals surface area contributed by atoms with Crippen LogP contribution in [-0.2, 0) is 10.3 Å².